The Bertz CT molecular complexity index is 555. The summed E-state index contributed by atoms with van der Waals surface area (Å²) in [5, 5.41) is 9.15. The maximum absolute atomic E-state index is 12.4. The monoisotopic (exact) mass is 273 g/mol. The van der Waals surface area contributed by atoms with E-state index >= 15 is 0 Å². The number of hydrogen-bond donors (Lipinski definition) is 1. The summed E-state index contributed by atoms with van der Waals surface area (Å²) >= 11 is 0. The molecule has 1 aromatic carbocycles. The van der Waals surface area contributed by atoms with E-state index in [2.05, 4.69) is 0 Å². The minimum Gasteiger partial charge on any atom is -0.456 e. The van der Waals surface area contributed by atoms with E-state index in [1.54, 1.807) is 11.0 Å². The van der Waals surface area contributed by atoms with Crippen LogP contribution in [0.3, 0.4) is 0 Å². The fourth-order valence-corrected chi connectivity index (χ4v) is 2.01. The Hall–Kier alpha value is -2.07. The van der Waals surface area contributed by atoms with E-state index in [0.717, 1.165) is 16.9 Å². The smallest absolute Gasteiger partial charge is 0.289 e. The molecule has 0 saturated carbocycles. The number of aryl methyl sites for hydroxylation is 2. The summed E-state index contributed by atoms with van der Waals surface area (Å²) in [5.41, 5.74) is 1.98. The number of carbonyl (C=O) groups excluding carboxylic acids is 1. The van der Waals surface area contributed by atoms with E-state index in [4.69, 9.17) is 9.52 Å². The molecular weight excluding hydrogens is 254 g/mol. The van der Waals surface area contributed by atoms with Gasteiger partial charge in [0.2, 0.25) is 0 Å². The third-order valence-corrected chi connectivity index (χ3v) is 3.25. The molecule has 0 spiro atoms. The van der Waals surface area contributed by atoms with Gasteiger partial charge in [0.05, 0.1) is 6.61 Å². The molecule has 0 aliphatic rings. The average molecular weight is 273 g/mol. The highest BCUT2D eigenvalue weighted by Crippen LogP contribution is 2.16. The molecule has 20 heavy (non-hydrogen) atoms. The van der Waals surface area contributed by atoms with E-state index in [1.807, 2.05) is 44.2 Å². The number of furan rings is 1. The van der Waals surface area contributed by atoms with Crippen molar-refractivity contribution in [2.24, 2.45) is 0 Å². The van der Waals surface area contributed by atoms with E-state index in [0.29, 0.717) is 12.3 Å². The molecule has 4 heteroatoms. The highest BCUT2D eigenvalue weighted by Gasteiger charge is 2.19. The van der Waals surface area contributed by atoms with Crippen LogP contribution in [0.15, 0.2) is 40.8 Å². The Balaban J connectivity index is 2.17. The fourth-order valence-electron chi connectivity index (χ4n) is 2.01. The summed E-state index contributed by atoms with van der Waals surface area (Å²) in [4.78, 5) is 14.0. The van der Waals surface area contributed by atoms with Crippen LogP contribution >= 0.6 is 0 Å². The largest absolute Gasteiger partial charge is 0.456 e. The van der Waals surface area contributed by atoms with Gasteiger partial charge >= 0.3 is 0 Å². The van der Waals surface area contributed by atoms with Crippen molar-refractivity contribution in [1.82, 2.24) is 4.90 Å². The van der Waals surface area contributed by atoms with Gasteiger partial charge in [0.1, 0.15) is 5.76 Å². The second-order valence-electron chi connectivity index (χ2n) is 4.79. The van der Waals surface area contributed by atoms with Gasteiger partial charge in [-0.1, -0.05) is 30.3 Å². The van der Waals surface area contributed by atoms with Crippen molar-refractivity contribution in [3.8, 4) is 0 Å². The SMILES string of the molecule is Cc1cc(C(=O)N(CCO)Cc2ccccc2)oc1C. The van der Waals surface area contributed by atoms with Gasteiger partial charge in [0.25, 0.3) is 5.91 Å². The molecule has 1 heterocycles. The molecule has 0 aliphatic heterocycles. The Morgan fingerprint density at radius 1 is 1.25 bits per heavy atom. The fraction of sp³-hybridized carbons (Fsp3) is 0.312. The van der Waals surface area contributed by atoms with Crippen LogP contribution in [0.2, 0.25) is 0 Å². The first-order valence-electron chi connectivity index (χ1n) is 6.63. The normalized spacial score (nSPS) is 10.6. The Morgan fingerprint density at radius 2 is 1.95 bits per heavy atom. The number of aliphatic hydroxyl groups excluding tert-OH is 1. The predicted octanol–water partition coefficient (Wildman–Crippen LogP) is 2.53. The van der Waals surface area contributed by atoms with E-state index < -0.39 is 0 Å². The highest BCUT2D eigenvalue weighted by molar-refractivity contribution is 5.91. The second kappa shape index (κ2) is 6.39. The van der Waals surface area contributed by atoms with Crippen LogP contribution in [0.1, 0.15) is 27.4 Å². The zero-order valence-corrected chi connectivity index (χ0v) is 11.8. The van der Waals surface area contributed by atoms with Crippen molar-refractivity contribution >= 4 is 5.91 Å². The number of amides is 1. The van der Waals surface area contributed by atoms with Gasteiger partial charge in [-0.2, -0.15) is 0 Å². The summed E-state index contributed by atoms with van der Waals surface area (Å²) < 4.78 is 5.47. The van der Waals surface area contributed by atoms with Gasteiger partial charge in [-0.15, -0.1) is 0 Å². The molecule has 0 fully saturated rings. The zero-order chi connectivity index (χ0) is 14.5. The topological polar surface area (TPSA) is 53.7 Å². The Labute approximate surface area is 118 Å². The molecule has 2 aromatic rings. The minimum absolute atomic E-state index is 0.0722. The maximum atomic E-state index is 12.4. The molecule has 0 unspecified atom stereocenters. The third-order valence-electron chi connectivity index (χ3n) is 3.25. The standard InChI is InChI=1S/C16H19NO3/c1-12-10-15(20-13(12)2)16(19)17(8-9-18)11-14-6-4-3-5-7-14/h3-7,10,18H,8-9,11H2,1-2H3. The number of benzene rings is 1. The van der Waals surface area contributed by atoms with Crippen molar-refractivity contribution in [1.29, 1.82) is 0 Å². The quantitative estimate of drug-likeness (QED) is 0.910. The van der Waals surface area contributed by atoms with Gasteiger partial charge in [-0.3, -0.25) is 4.79 Å². The summed E-state index contributed by atoms with van der Waals surface area (Å²) in [6, 6.07) is 11.4. The van der Waals surface area contributed by atoms with Crippen LogP contribution in [-0.2, 0) is 6.54 Å². The van der Waals surface area contributed by atoms with E-state index in [9.17, 15) is 4.79 Å². The van der Waals surface area contributed by atoms with Gasteiger partial charge in [-0.05, 0) is 31.0 Å². The number of aliphatic hydroxyl groups is 1. The molecule has 0 saturated heterocycles. The van der Waals surface area contributed by atoms with Gasteiger partial charge in [0, 0.05) is 13.1 Å². The number of hydrogen-bond acceptors (Lipinski definition) is 3. The molecule has 0 radical (unpaired) electrons. The molecule has 4 nitrogen and oxygen atoms in total. The Morgan fingerprint density at radius 3 is 2.50 bits per heavy atom. The number of nitrogens with zero attached hydrogens (tertiary/aromatic N) is 1. The third kappa shape index (κ3) is 3.27. The van der Waals surface area contributed by atoms with E-state index in [1.165, 1.54) is 0 Å². The van der Waals surface area contributed by atoms with Gasteiger partial charge < -0.3 is 14.4 Å². The van der Waals surface area contributed by atoms with Crippen LogP contribution in [0.4, 0.5) is 0 Å². The van der Waals surface area contributed by atoms with Gasteiger partial charge in [0.15, 0.2) is 5.76 Å². The van der Waals surface area contributed by atoms with Crippen molar-refractivity contribution in [2.45, 2.75) is 20.4 Å². The lowest BCUT2D eigenvalue weighted by Gasteiger charge is -2.20. The first kappa shape index (κ1) is 14.3. The summed E-state index contributed by atoms with van der Waals surface area (Å²) in [7, 11) is 0. The maximum Gasteiger partial charge on any atom is 0.289 e. The molecule has 1 amide bonds. The molecule has 1 aromatic heterocycles. The molecule has 0 atom stereocenters. The summed E-state index contributed by atoms with van der Waals surface area (Å²) in [6.45, 7) is 4.41. The Kier molecular flexibility index (Phi) is 4.58. The predicted molar refractivity (Wildman–Crippen MR) is 76.5 cm³/mol. The van der Waals surface area contributed by atoms with Crippen LogP contribution in [0.5, 0.6) is 0 Å². The summed E-state index contributed by atoms with van der Waals surface area (Å²) in [6.07, 6.45) is 0. The van der Waals surface area contributed by atoms with Crippen molar-refractivity contribution in [3.05, 3.63) is 59.0 Å². The van der Waals surface area contributed by atoms with Crippen LogP contribution in [-0.4, -0.2) is 29.1 Å². The molecule has 0 aliphatic carbocycles. The van der Waals surface area contributed by atoms with Crippen LogP contribution < -0.4 is 0 Å². The molecular formula is C16H19NO3. The first-order chi connectivity index (χ1) is 9.61. The second-order valence-corrected chi connectivity index (χ2v) is 4.79. The van der Waals surface area contributed by atoms with E-state index in [-0.39, 0.29) is 19.1 Å². The zero-order valence-electron chi connectivity index (χ0n) is 11.8. The molecule has 0 bridgehead atoms. The van der Waals surface area contributed by atoms with Crippen LogP contribution in [0.25, 0.3) is 0 Å². The van der Waals surface area contributed by atoms with Crippen molar-refractivity contribution < 1.29 is 14.3 Å². The first-order valence-corrected chi connectivity index (χ1v) is 6.63. The number of rotatable bonds is 5. The number of carbonyl (C=O) groups is 1. The van der Waals surface area contributed by atoms with Crippen LogP contribution in [0, 0.1) is 13.8 Å². The highest BCUT2D eigenvalue weighted by atomic mass is 16.4. The van der Waals surface area contributed by atoms with Gasteiger partial charge in [-0.25, -0.2) is 0 Å². The minimum atomic E-state index is -0.195. The average Bonchev–Trinajstić information content (AvgIpc) is 2.78. The molecule has 106 valence electrons. The van der Waals surface area contributed by atoms with Crippen molar-refractivity contribution in [3.63, 3.8) is 0 Å². The lowest BCUT2D eigenvalue weighted by Crippen LogP contribution is -2.32. The lowest BCUT2D eigenvalue weighted by molar-refractivity contribution is 0.0674. The molecule has 1 N–H and O–H groups in total. The lowest BCUT2D eigenvalue weighted by atomic mass is 10.2. The molecule has 2 rings (SSSR count). The van der Waals surface area contributed by atoms with Crippen molar-refractivity contribution in [2.75, 3.05) is 13.2 Å². The summed E-state index contributed by atoms with van der Waals surface area (Å²) in [5.74, 6) is 0.875.